The van der Waals surface area contributed by atoms with Crippen LogP contribution < -0.4 is 10.5 Å². The van der Waals surface area contributed by atoms with E-state index in [0.29, 0.717) is 6.54 Å². The molecule has 2 heterocycles. The van der Waals surface area contributed by atoms with E-state index in [2.05, 4.69) is 9.88 Å². The molecule has 0 radical (unpaired) electrons. The third-order valence-electron chi connectivity index (χ3n) is 3.96. The van der Waals surface area contributed by atoms with Gasteiger partial charge in [0, 0.05) is 25.7 Å². The summed E-state index contributed by atoms with van der Waals surface area (Å²) in [6, 6.07) is 10.9. The zero-order valence-electron chi connectivity index (χ0n) is 13.0. The molecule has 1 unspecified atom stereocenters. The maximum absolute atomic E-state index is 12.8. The van der Waals surface area contributed by atoms with Gasteiger partial charge < -0.3 is 10.5 Å². The van der Waals surface area contributed by atoms with Crippen molar-refractivity contribution in [2.24, 2.45) is 0 Å². The highest BCUT2D eigenvalue weighted by Crippen LogP contribution is 2.33. The van der Waals surface area contributed by atoms with E-state index in [0.717, 1.165) is 31.8 Å². The van der Waals surface area contributed by atoms with Crippen LogP contribution in [0.4, 0.5) is 18.9 Å². The average molecular weight is 337 g/mol. The maximum atomic E-state index is 12.8. The first kappa shape index (κ1) is 16.6. The Morgan fingerprint density at radius 3 is 2.71 bits per heavy atom. The van der Waals surface area contributed by atoms with Crippen molar-refractivity contribution in [1.29, 1.82) is 0 Å². The third-order valence-corrected chi connectivity index (χ3v) is 3.96. The van der Waals surface area contributed by atoms with Crippen molar-refractivity contribution in [2.75, 3.05) is 18.8 Å². The highest BCUT2D eigenvalue weighted by Gasteiger charge is 2.34. The topological polar surface area (TPSA) is 51.4 Å². The minimum atomic E-state index is -4.51. The van der Waals surface area contributed by atoms with Gasteiger partial charge in [-0.15, -0.1) is 0 Å². The molecule has 1 saturated heterocycles. The highest BCUT2D eigenvalue weighted by molar-refractivity contribution is 5.51. The lowest BCUT2D eigenvalue weighted by Crippen LogP contribution is -2.25. The molecule has 4 nitrogen and oxygen atoms in total. The first-order valence-corrected chi connectivity index (χ1v) is 7.67. The van der Waals surface area contributed by atoms with Gasteiger partial charge in [0.1, 0.15) is 17.5 Å². The second-order valence-corrected chi connectivity index (χ2v) is 5.85. The normalized spacial score (nSPS) is 18.7. The number of ether oxygens (including phenoxy) is 1. The lowest BCUT2D eigenvalue weighted by molar-refractivity contribution is -0.141. The minimum Gasteiger partial charge on any atom is -0.487 e. The van der Waals surface area contributed by atoms with Crippen molar-refractivity contribution < 1.29 is 17.9 Å². The Kier molecular flexibility index (Phi) is 4.62. The lowest BCUT2D eigenvalue weighted by atomic mass is 10.2. The molecule has 24 heavy (non-hydrogen) atoms. The van der Waals surface area contributed by atoms with Crippen LogP contribution in [0.1, 0.15) is 17.7 Å². The van der Waals surface area contributed by atoms with E-state index in [-0.39, 0.29) is 17.5 Å². The molecule has 1 aliphatic heterocycles. The maximum Gasteiger partial charge on any atom is 0.433 e. The number of hydrogen-bond donors (Lipinski definition) is 1. The number of halogens is 3. The van der Waals surface area contributed by atoms with E-state index in [1.165, 1.54) is 5.56 Å². The summed E-state index contributed by atoms with van der Waals surface area (Å²) in [6.45, 7) is 2.27. The summed E-state index contributed by atoms with van der Waals surface area (Å²) in [5, 5.41) is 0. The predicted octanol–water partition coefficient (Wildman–Crippen LogP) is 3.34. The standard InChI is InChI=1S/C17H18F3N3O/c18-17(19,20)16-8-15(14(21)9-22-16)24-13-6-7-23(11-13)10-12-4-2-1-3-5-12/h1-5,8-9,13H,6-7,10-11,21H2. The third kappa shape index (κ3) is 3.97. The molecule has 0 bridgehead atoms. The Balaban J connectivity index is 1.63. The van der Waals surface area contributed by atoms with Crippen LogP contribution in [0.3, 0.4) is 0 Å². The Labute approximate surface area is 138 Å². The molecule has 1 atom stereocenters. The number of nitrogen functional groups attached to an aromatic ring is 1. The van der Waals surface area contributed by atoms with Gasteiger partial charge in [0.2, 0.25) is 0 Å². The van der Waals surface area contributed by atoms with E-state index in [1.807, 2.05) is 30.3 Å². The zero-order valence-corrected chi connectivity index (χ0v) is 13.0. The second kappa shape index (κ2) is 6.68. The molecule has 0 aliphatic carbocycles. The molecule has 2 aromatic rings. The van der Waals surface area contributed by atoms with Crippen molar-refractivity contribution in [3.05, 3.63) is 53.9 Å². The number of aromatic nitrogens is 1. The lowest BCUT2D eigenvalue weighted by Gasteiger charge is -2.18. The molecule has 0 saturated carbocycles. The molecule has 0 spiro atoms. The van der Waals surface area contributed by atoms with Gasteiger partial charge in [0.25, 0.3) is 0 Å². The second-order valence-electron chi connectivity index (χ2n) is 5.85. The van der Waals surface area contributed by atoms with Crippen molar-refractivity contribution >= 4 is 5.69 Å². The van der Waals surface area contributed by atoms with Crippen LogP contribution in [0.5, 0.6) is 5.75 Å². The van der Waals surface area contributed by atoms with E-state index in [1.54, 1.807) is 0 Å². The van der Waals surface area contributed by atoms with Gasteiger partial charge in [-0.1, -0.05) is 30.3 Å². The van der Waals surface area contributed by atoms with Crippen LogP contribution in [0.25, 0.3) is 0 Å². The predicted molar refractivity (Wildman–Crippen MR) is 84.4 cm³/mol. The molecule has 1 aromatic heterocycles. The number of anilines is 1. The summed E-state index contributed by atoms with van der Waals surface area (Å²) < 4.78 is 44.0. The van der Waals surface area contributed by atoms with Crippen LogP contribution >= 0.6 is 0 Å². The molecular formula is C17H18F3N3O. The molecule has 0 amide bonds. The van der Waals surface area contributed by atoms with E-state index >= 15 is 0 Å². The minimum absolute atomic E-state index is 0.0453. The molecule has 3 rings (SSSR count). The number of likely N-dealkylation sites (tertiary alicyclic amines) is 1. The molecular weight excluding hydrogens is 319 g/mol. The monoisotopic (exact) mass is 337 g/mol. The first-order valence-electron chi connectivity index (χ1n) is 7.67. The Morgan fingerprint density at radius 1 is 1.25 bits per heavy atom. The van der Waals surface area contributed by atoms with Crippen molar-refractivity contribution in [3.63, 3.8) is 0 Å². The highest BCUT2D eigenvalue weighted by atomic mass is 19.4. The fourth-order valence-corrected chi connectivity index (χ4v) is 2.76. The van der Waals surface area contributed by atoms with E-state index in [9.17, 15) is 13.2 Å². The first-order chi connectivity index (χ1) is 11.4. The molecule has 128 valence electrons. The Morgan fingerprint density at radius 2 is 2.00 bits per heavy atom. The fraction of sp³-hybridized carbons (Fsp3) is 0.353. The van der Waals surface area contributed by atoms with Gasteiger partial charge in [0.05, 0.1) is 11.9 Å². The quantitative estimate of drug-likeness (QED) is 0.930. The van der Waals surface area contributed by atoms with Crippen LogP contribution in [-0.2, 0) is 12.7 Å². The van der Waals surface area contributed by atoms with Crippen molar-refractivity contribution in [2.45, 2.75) is 25.2 Å². The number of hydrogen-bond acceptors (Lipinski definition) is 4. The average Bonchev–Trinajstić information content (AvgIpc) is 2.96. The summed E-state index contributed by atoms with van der Waals surface area (Å²) in [7, 11) is 0. The Hall–Kier alpha value is -2.28. The number of alkyl halides is 3. The van der Waals surface area contributed by atoms with Crippen LogP contribution in [0.15, 0.2) is 42.6 Å². The van der Waals surface area contributed by atoms with Gasteiger partial charge >= 0.3 is 6.18 Å². The molecule has 7 heteroatoms. The summed E-state index contributed by atoms with van der Waals surface area (Å²) in [5.74, 6) is 0.0453. The van der Waals surface area contributed by atoms with E-state index in [4.69, 9.17) is 10.5 Å². The van der Waals surface area contributed by atoms with Crippen molar-refractivity contribution in [1.82, 2.24) is 9.88 Å². The molecule has 1 aliphatic rings. The summed E-state index contributed by atoms with van der Waals surface area (Å²) in [6.07, 6.45) is -2.95. The van der Waals surface area contributed by atoms with Gasteiger partial charge in [0.15, 0.2) is 0 Å². The molecule has 2 N–H and O–H groups in total. The zero-order chi connectivity index (χ0) is 17.2. The number of rotatable bonds is 4. The molecule has 1 fully saturated rings. The van der Waals surface area contributed by atoms with Crippen LogP contribution in [-0.4, -0.2) is 29.1 Å². The van der Waals surface area contributed by atoms with Gasteiger partial charge in [-0.2, -0.15) is 13.2 Å². The fourth-order valence-electron chi connectivity index (χ4n) is 2.76. The number of benzene rings is 1. The number of nitrogens with two attached hydrogens (primary N) is 1. The number of nitrogens with zero attached hydrogens (tertiary/aromatic N) is 2. The van der Waals surface area contributed by atoms with Crippen LogP contribution in [0.2, 0.25) is 0 Å². The summed E-state index contributed by atoms with van der Waals surface area (Å²) >= 11 is 0. The molecule has 1 aromatic carbocycles. The van der Waals surface area contributed by atoms with Gasteiger partial charge in [-0.05, 0) is 12.0 Å². The largest absolute Gasteiger partial charge is 0.487 e. The summed E-state index contributed by atoms with van der Waals surface area (Å²) in [4.78, 5) is 5.53. The smallest absolute Gasteiger partial charge is 0.433 e. The van der Waals surface area contributed by atoms with Crippen molar-refractivity contribution in [3.8, 4) is 5.75 Å². The Bertz CT molecular complexity index is 691. The van der Waals surface area contributed by atoms with Crippen LogP contribution in [0, 0.1) is 0 Å². The SMILES string of the molecule is Nc1cnc(C(F)(F)F)cc1OC1CCN(Cc2ccccc2)C1. The summed E-state index contributed by atoms with van der Waals surface area (Å²) in [5.41, 5.74) is 6.02. The van der Waals surface area contributed by atoms with Gasteiger partial charge in [-0.25, -0.2) is 4.98 Å². The van der Waals surface area contributed by atoms with E-state index < -0.39 is 11.9 Å². The number of pyridine rings is 1. The van der Waals surface area contributed by atoms with Gasteiger partial charge in [-0.3, -0.25) is 4.90 Å².